The van der Waals surface area contributed by atoms with Crippen LogP contribution >= 0.6 is 11.3 Å². The number of carbonyl (C=O) groups is 1. The van der Waals surface area contributed by atoms with Gasteiger partial charge in [0.1, 0.15) is 11.5 Å². The lowest BCUT2D eigenvalue weighted by atomic mass is 10.1. The molecule has 0 radical (unpaired) electrons. The summed E-state index contributed by atoms with van der Waals surface area (Å²) in [6.07, 6.45) is 1.61. The average Bonchev–Trinajstić information content (AvgIpc) is 2.63. The molecule has 0 saturated heterocycles. The molecule has 0 aromatic carbocycles. The molecule has 0 aliphatic rings. The van der Waals surface area contributed by atoms with Gasteiger partial charge in [0.25, 0.3) is 0 Å². The van der Waals surface area contributed by atoms with E-state index < -0.39 is 0 Å². The Balaban J connectivity index is 2.41. The maximum absolute atomic E-state index is 12.0. The second-order valence-corrected chi connectivity index (χ2v) is 4.33. The molecule has 2 rings (SSSR count). The summed E-state index contributed by atoms with van der Waals surface area (Å²) in [6.45, 7) is 3.71. The van der Waals surface area contributed by atoms with Gasteiger partial charge in [-0.3, -0.25) is 4.79 Å². The smallest absolute Gasteiger partial charge is 0.212 e. The zero-order valence-electron chi connectivity index (χ0n) is 8.52. The van der Waals surface area contributed by atoms with E-state index in [2.05, 4.69) is 9.97 Å². The summed E-state index contributed by atoms with van der Waals surface area (Å²) < 4.78 is 0. The van der Waals surface area contributed by atoms with Gasteiger partial charge in [-0.1, -0.05) is 0 Å². The first-order valence-electron chi connectivity index (χ1n) is 4.57. The number of hydrogen-bond donors (Lipinski definition) is 0. The molecule has 0 N–H and O–H groups in total. The van der Waals surface area contributed by atoms with E-state index in [0.717, 1.165) is 10.4 Å². The van der Waals surface area contributed by atoms with Gasteiger partial charge in [-0.15, -0.1) is 11.3 Å². The maximum atomic E-state index is 12.0. The van der Waals surface area contributed by atoms with Crippen LogP contribution in [0.25, 0.3) is 0 Å². The number of rotatable bonds is 2. The van der Waals surface area contributed by atoms with Crippen molar-refractivity contribution in [1.82, 2.24) is 9.97 Å². The molecule has 76 valence electrons. The summed E-state index contributed by atoms with van der Waals surface area (Å²) in [4.78, 5) is 21.1. The van der Waals surface area contributed by atoms with E-state index in [1.165, 1.54) is 0 Å². The molecule has 0 aliphatic heterocycles. The lowest BCUT2D eigenvalue weighted by molar-refractivity contribution is 0.103. The molecule has 0 spiro atoms. The molecule has 2 heterocycles. The van der Waals surface area contributed by atoms with Crippen molar-refractivity contribution in [3.63, 3.8) is 0 Å². The fraction of sp³-hybridized carbons (Fsp3) is 0.182. The molecule has 4 heteroatoms. The monoisotopic (exact) mass is 218 g/mol. The van der Waals surface area contributed by atoms with Crippen LogP contribution in [-0.2, 0) is 0 Å². The Bertz CT molecular complexity index is 505. The Kier molecular flexibility index (Phi) is 2.60. The molecule has 3 nitrogen and oxygen atoms in total. The van der Waals surface area contributed by atoms with Crippen molar-refractivity contribution < 1.29 is 4.79 Å². The van der Waals surface area contributed by atoms with Gasteiger partial charge in [0, 0.05) is 16.6 Å². The number of aryl methyl sites for hydroxylation is 2. The van der Waals surface area contributed by atoms with Crippen molar-refractivity contribution >= 4 is 17.1 Å². The zero-order chi connectivity index (χ0) is 10.8. The van der Waals surface area contributed by atoms with E-state index in [-0.39, 0.29) is 5.78 Å². The fourth-order valence-electron chi connectivity index (χ4n) is 1.34. The second-order valence-electron chi connectivity index (χ2n) is 3.21. The standard InChI is InChI=1S/C11H10N2OS/c1-7-9(4-6-15-7)11(14)10-3-5-12-8(2)13-10/h3-6H,1-2H3. The van der Waals surface area contributed by atoms with Crippen LogP contribution in [0.3, 0.4) is 0 Å². The normalized spacial score (nSPS) is 10.3. The zero-order valence-corrected chi connectivity index (χ0v) is 9.34. The van der Waals surface area contributed by atoms with Gasteiger partial charge in [-0.05, 0) is 31.4 Å². The predicted molar refractivity (Wildman–Crippen MR) is 59.3 cm³/mol. The van der Waals surface area contributed by atoms with E-state index in [1.807, 2.05) is 18.4 Å². The third kappa shape index (κ3) is 1.94. The quantitative estimate of drug-likeness (QED) is 0.727. The summed E-state index contributed by atoms with van der Waals surface area (Å²) in [5, 5.41) is 1.91. The second kappa shape index (κ2) is 3.90. The van der Waals surface area contributed by atoms with Crippen LogP contribution in [-0.4, -0.2) is 15.8 Å². The molecule has 0 atom stereocenters. The topological polar surface area (TPSA) is 42.9 Å². The lowest BCUT2D eigenvalue weighted by Crippen LogP contribution is -2.05. The number of aromatic nitrogens is 2. The van der Waals surface area contributed by atoms with Crippen LogP contribution in [0.2, 0.25) is 0 Å². The van der Waals surface area contributed by atoms with Crippen molar-refractivity contribution in [2.75, 3.05) is 0 Å². The van der Waals surface area contributed by atoms with Gasteiger partial charge in [0.05, 0.1) is 0 Å². The molecule has 2 aromatic heterocycles. The van der Waals surface area contributed by atoms with Crippen LogP contribution in [0.5, 0.6) is 0 Å². The molecular weight excluding hydrogens is 208 g/mol. The number of ketones is 1. The molecule has 0 bridgehead atoms. The number of thiophene rings is 1. The predicted octanol–water partition coefficient (Wildman–Crippen LogP) is 2.39. The fourth-order valence-corrected chi connectivity index (χ4v) is 2.04. The lowest BCUT2D eigenvalue weighted by Gasteiger charge is -1.99. The van der Waals surface area contributed by atoms with Gasteiger partial charge in [-0.25, -0.2) is 9.97 Å². The summed E-state index contributed by atoms with van der Waals surface area (Å²) in [5.41, 5.74) is 1.20. The Morgan fingerprint density at radius 2 is 2.13 bits per heavy atom. The Morgan fingerprint density at radius 1 is 1.33 bits per heavy atom. The summed E-state index contributed by atoms with van der Waals surface area (Å²) in [6, 6.07) is 3.48. The molecule has 0 unspecified atom stereocenters. The van der Waals surface area contributed by atoms with Crippen molar-refractivity contribution in [3.8, 4) is 0 Å². The molecule has 0 fully saturated rings. The van der Waals surface area contributed by atoms with E-state index in [1.54, 1.807) is 30.5 Å². The van der Waals surface area contributed by atoms with Crippen LogP contribution in [0.4, 0.5) is 0 Å². The highest BCUT2D eigenvalue weighted by atomic mass is 32.1. The molecule has 0 aliphatic carbocycles. The highest BCUT2D eigenvalue weighted by molar-refractivity contribution is 7.10. The van der Waals surface area contributed by atoms with E-state index in [0.29, 0.717) is 11.5 Å². The van der Waals surface area contributed by atoms with Crippen LogP contribution in [0.15, 0.2) is 23.7 Å². The van der Waals surface area contributed by atoms with E-state index in [4.69, 9.17) is 0 Å². The van der Waals surface area contributed by atoms with Crippen LogP contribution in [0.1, 0.15) is 26.8 Å². The Morgan fingerprint density at radius 3 is 2.73 bits per heavy atom. The highest BCUT2D eigenvalue weighted by Gasteiger charge is 2.13. The number of nitrogens with zero attached hydrogens (tertiary/aromatic N) is 2. The minimum absolute atomic E-state index is 0.0285. The van der Waals surface area contributed by atoms with E-state index >= 15 is 0 Å². The van der Waals surface area contributed by atoms with Gasteiger partial charge < -0.3 is 0 Å². The molecular formula is C11H10N2OS. The van der Waals surface area contributed by atoms with Crippen LogP contribution < -0.4 is 0 Å². The molecule has 0 amide bonds. The minimum Gasteiger partial charge on any atom is -0.287 e. The Labute approximate surface area is 91.8 Å². The average molecular weight is 218 g/mol. The first-order chi connectivity index (χ1) is 7.18. The van der Waals surface area contributed by atoms with Crippen molar-refractivity contribution in [2.45, 2.75) is 13.8 Å². The van der Waals surface area contributed by atoms with Crippen molar-refractivity contribution in [2.24, 2.45) is 0 Å². The highest BCUT2D eigenvalue weighted by Crippen LogP contribution is 2.17. The third-order valence-electron chi connectivity index (χ3n) is 2.11. The number of hydrogen-bond acceptors (Lipinski definition) is 4. The summed E-state index contributed by atoms with van der Waals surface area (Å²) in [5.74, 6) is 0.591. The maximum Gasteiger partial charge on any atom is 0.212 e. The van der Waals surface area contributed by atoms with Gasteiger partial charge in [-0.2, -0.15) is 0 Å². The largest absolute Gasteiger partial charge is 0.287 e. The van der Waals surface area contributed by atoms with E-state index in [9.17, 15) is 4.79 Å². The molecule has 2 aromatic rings. The molecule has 15 heavy (non-hydrogen) atoms. The SMILES string of the molecule is Cc1nccc(C(=O)c2ccsc2C)n1. The van der Waals surface area contributed by atoms with Crippen LogP contribution in [0, 0.1) is 13.8 Å². The van der Waals surface area contributed by atoms with Crippen molar-refractivity contribution in [1.29, 1.82) is 0 Å². The first-order valence-corrected chi connectivity index (χ1v) is 5.45. The third-order valence-corrected chi connectivity index (χ3v) is 2.96. The minimum atomic E-state index is -0.0285. The van der Waals surface area contributed by atoms with Crippen molar-refractivity contribution in [3.05, 3.63) is 45.7 Å². The van der Waals surface area contributed by atoms with Gasteiger partial charge >= 0.3 is 0 Å². The summed E-state index contributed by atoms with van der Waals surface area (Å²) >= 11 is 1.57. The first kappa shape index (κ1) is 9.98. The van der Waals surface area contributed by atoms with Gasteiger partial charge in [0.15, 0.2) is 0 Å². The Hall–Kier alpha value is -1.55. The summed E-state index contributed by atoms with van der Waals surface area (Å²) in [7, 11) is 0. The molecule has 0 saturated carbocycles. The number of carbonyl (C=O) groups excluding carboxylic acids is 1. The van der Waals surface area contributed by atoms with Gasteiger partial charge in [0.2, 0.25) is 5.78 Å².